The number of benzene rings is 1. The standard InChI is InChI=1S/C12H17NO3/c1-8(13-2)12(14)9-5-10(15-3)7-11(6-9)16-4/h5-8,13H,1-4H3. The average molecular weight is 223 g/mol. The topological polar surface area (TPSA) is 47.6 Å². The number of nitrogens with one attached hydrogen (secondary N) is 1. The van der Waals surface area contributed by atoms with Crippen LogP contribution in [-0.2, 0) is 0 Å². The van der Waals surface area contributed by atoms with Crippen LogP contribution in [-0.4, -0.2) is 33.1 Å². The second kappa shape index (κ2) is 5.51. The van der Waals surface area contributed by atoms with Crippen LogP contribution in [0.1, 0.15) is 17.3 Å². The number of methoxy groups -OCH3 is 2. The van der Waals surface area contributed by atoms with Crippen LogP contribution < -0.4 is 14.8 Å². The number of carbonyl (C=O) groups excluding carboxylic acids is 1. The molecular weight excluding hydrogens is 206 g/mol. The molecule has 0 fully saturated rings. The molecule has 0 heterocycles. The van der Waals surface area contributed by atoms with Crippen molar-refractivity contribution >= 4 is 5.78 Å². The molecule has 1 rings (SSSR count). The number of likely N-dealkylation sites (N-methyl/N-ethyl adjacent to an activating group) is 1. The number of hydrogen-bond acceptors (Lipinski definition) is 4. The van der Waals surface area contributed by atoms with Crippen molar-refractivity contribution in [1.82, 2.24) is 5.32 Å². The van der Waals surface area contributed by atoms with Gasteiger partial charge in [-0.15, -0.1) is 0 Å². The van der Waals surface area contributed by atoms with Crippen molar-refractivity contribution in [2.24, 2.45) is 0 Å². The Morgan fingerprint density at radius 3 is 2.06 bits per heavy atom. The van der Waals surface area contributed by atoms with Gasteiger partial charge >= 0.3 is 0 Å². The van der Waals surface area contributed by atoms with Crippen molar-refractivity contribution < 1.29 is 14.3 Å². The molecule has 0 radical (unpaired) electrons. The van der Waals surface area contributed by atoms with Gasteiger partial charge < -0.3 is 14.8 Å². The molecule has 0 aliphatic carbocycles. The quantitative estimate of drug-likeness (QED) is 0.768. The SMILES string of the molecule is CNC(C)C(=O)c1cc(OC)cc(OC)c1. The monoisotopic (exact) mass is 223 g/mol. The number of hydrogen-bond donors (Lipinski definition) is 1. The molecule has 0 spiro atoms. The summed E-state index contributed by atoms with van der Waals surface area (Å²) < 4.78 is 10.2. The fourth-order valence-corrected chi connectivity index (χ4v) is 1.33. The van der Waals surface area contributed by atoms with E-state index in [2.05, 4.69) is 5.32 Å². The van der Waals surface area contributed by atoms with E-state index >= 15 is 0 Å². The van der Waals surface area contributed by atoms with Crippen LogP contribution in [0.4, 0.5) is 0 Å². The number of carbonyl (C=O) groups is 1. The fourth-order valence-electron chi connectivity index (χ4n) is 1.33. The highest BCUT2D eigenvalue weighted by Gasteiger charge is 2.15. The normalized spacial score (nSPS) is 12.0. The molecule has 0 aliphatic heterocycles. The second-order valence-corrected chi connectivity index (χ2v) is 3.48. The van der Waals surface area contributed by atoms with Gasteiger partial charge in [-0.3, -0.25) is 4.79 Å². The molecule has 1 aromatic carbocycles. The van der Waals surface area contributed by atoms with Gasteiger partial charge in [-0.1, -0.05) is 0 Å². The molecule has 0 aromatic heterocycles. The van der Waals surface area contributed by atoms with E-state index < -0.39 is 0 Å². The molecule has 1 unspecified atom stereocenters. The predicted octanol–water partition coefficient (Wildman–Crippen LogP) is 1.49. The van der Waals surface area contributed by atoms with Crippen molar-refractivity contribution in [3.8, 4) is 11.5 Å². The molecule has 0 amide bonds. The fraction of sp³-hybridized carbons (Fsp3) is 0.417. The highest BCUT2D eigenvalue weighted by molar-refractivity contribution is 6.00. The summed E-state index contributed by atoms with van der Waals surface area (Å²) in [6.45, 7) is 1.81. The number of ether oxygens (including phenoxy) is 2. The molecular formula is C12H17NO3. The maximum atomic E-state index is 11.9. The maximum absolute atomic E-state index is 11.9. The Labute approximate surface area is 95.6 Å². The molecule has 0 bridgehead atoms. The molecule has 0 saturated heterocycles. The predicted molar refractivity (Wildman–Crippen MR) is 62.4 cm³/mol. The molecule has 0 saturated carbocycles. The molecule has 88 valence electrons. The summed E-state index contributed by atoms with van der Waals surface area (Å²) in [5, 5.41) is 2.91. The van der Waals surface area contributed by atoms with Crippen LogP contribution in [0.3, 0.4) is 0 Å². The first-order valence-electron chi connectivity index (χ1n) is 5.07. The Bertz CT molecular complexity index is 354. The van der Waals surface area contributed by atoms with E-state index in [1.807, 2.05) is 6.92 Å². The first-order chi connectivity index (χ1) is 7.62. The third-order valence-electron chi connectivity index (χ3n) is 2.46. The van der Waals surface area contributed by atoms with Crippen LogP contribution in [0.15, 0.2) is 18.2 Å². The summed E-state index contributed by atoms with van der Waals surface area (Å²) in [6, 6.07) is 4.93. The van der Waals surface area contributed by atoms with Crippen LogP contribution >= 0.6 is 0 Å². The lowest BCUT2D eigenvalue weighted by atomic mass is 10.0. The smallest absolute Gasteiger partial charge is 0.179 e. The van der Waals surface area contributed by atoms with E-state index in [0.717, 1.165) is 0 Å². The Balaban J connectivity index is 3.07. The van der Waals surface area contributed by atoms with Crippen LogP contribution in [0, 0.1) is 0 Å². The summed E-state index contributed by atoms with van der Waals surface area (Å²) in [5.41, 5.74) is 0.582. The maximum Gasteiger partial charge on any atom is 0.179 e. The summed E-state index contributed by atoms with van der Waals surface area (Å²) in [6.07, 6.45) is 0. The van der Waals surface area contributed by atoms with Gasteiger partial charge in [-0.25, -0.2) is 0 Å². The van der Waals surface area contributed by atoms with E-state index in [0.29, 0.717) is 17.1 Å². The zero-order valence-electron chi connectivity index (χ0n) is 10.0. The summed E-state index contributed by atoms with van der Waals surface area (Å²) >= 11 is 0. The molecule has 1 atom stereocenters. The van der Waals surface area contributed by atoms with Gasteiger partial charge in [-0.05, 0) is 26.1 Å². The lowest BCUT2D eigenvalue weighted by molar-refractivity contribution is 0.0954. The van der Waals surface area contributed by atoms with E-state index in [1.54, 1.807) is 39.5 Å². The Hall–Kier alpha value is -1.55. The Kier molecular flexibility index (Phi) is 4.31. The number of Topliss-reactive ketones (excluding diaryl/α,β-unsaturated/α-hetero) is 1. The van der Waals surface area contributed by atoms with E-state index in [-0.39, 0.29) is 11.8 Å². The molecule has 0 aliphatic rings. The minimum Gasteiger partial charge on any atom is -0.497 e. The molecule has 1 aromatic rings. The second-order valence-electron chi connectivity index (χ2n) is 3.48. The number of ketones is 1. The minimum atomic E-state index is -0.225. The molecule has 1 N–H and O–H groups in total. The third kappa shape index (κ3) is 2.73. The molecule has 4 heteroatoms. The zero-order valence-corrected chi connectivity index (χ0v) is 10.0. The lowest BCUT2D eigenvalue weighted by Gasteiger charge is -2.11. The lowest BCUT2D eigenvalue weighted by Crippen LogP contribution is -2.30. The van der Waals surface area contributed by atoms with Gasteiger partial charge in [0.1, 0.15) is 11.5 Å². The van der Waals surface area contributed by atoms with Gasteiger partial charge in [0, 0.05) is 11.6 Å². The molecule has 4 nitrogen and oxygen atoms in total. The van der Waals surface area contributed by atoms with Crippen molar-refractivity contribution in [1.29, 1.82) is 0 Å². The van der Waals surface area contributed by atoms with Gasteiger partial charge in [0.15, 0.2) is 5.78 Å². The minimum absolute atomic E-state index is 0.0136. The summed E-state index contributed by atoms with van der Waals surface area (Å²) in [7, 11) is 4.87. The van der Waals surface area contributed by atoms with E-state index in [9.17, 15) is 4.79 Å². The van der Waals surface area contributed by atoms with Gasteiger partial charge in [0.2, 0.25) is 0 Å². The molecule has 16 heavy (non-hydrogen) atoms. The highest BCUT2D eigenvalue weighted by Crippen LogP contribution is 2.23. The van der Waals surface area contributed by atoms with Gasteiger partial charge in [-0.2, -0.15) is 0 Å². The Morgan fingerprint density at radius 1 is 1.19 bits per heavy atom. The van der Waals surface area contributed by atoms with Gasteiger partial charge in [0.25, 0.3) is 0 Å². The van der Waals surface area contributed by atoms with E-state index in [1.165, 1.54) is 0 Å². The van der Waals surface area contributed by atoms with Crippen molar-refractivity contribution in [3.63, 3.8) is 0 Å². The third-order valence-corrected chi connectivity index (χ3v) is 2.46. The first kappa shape index (κ1) is 12.5. The van der Waals surface area contributed by atoms with Gasteiger partial charge in [0.05, 0.1) is 20.3 Å². The van der Waals surface area contributed by atoms with Crippen LogP contribution in [0.25, 0.3) is 0 Å². The number of rotatable bonds is 5. The van der Waals surface area contributed by atoms with E-state index in [4.69, 9.17) is 9.47 Å². The van der Waals surface area contributed by atoms with Crippen LogP contribution in [0.5, 0.6) is 11.5 Å². The average Bonchev–Trinajstić information content (AvgIpc) is 2.35. The summed E-state index contributed by atoms with van der Waals surface area (Å²) in [5.74, 6) is 1.25. The first-order valence-corrected chi connectivity index (χ1v) is 5.07. The highest BCUT2D eigenvalue weighted by atomic mass is 16.5. The zero-order chi connectivity index (χ0) is 12.1. The van der Waals surface area contributed by atoms with Crippen molar-refractivity contribution in [2.75, 3.05) is 21.3 Å². The van der Waals surface area contributed by atoms with Crippen molar-refractivity contribution in [3.05, 3.63) is 23.8 Å². The largest absolute Gasteiger partial charge is 0.497 e. The van der Waals surface area contributed by atoms with Crippen molar-refractivity contribution in [2.45, 2.75) is 13.0 Å². The van der Waals surface area contributed by atoms with Crippen LogP contribution in [0.2, 0.25) is 0 Å². The summed E-state index contributed by atoms with van der Waals surface area (Å²) in [4.78, 5) is 11.9. The Morgan fingerprint density at radius 2 is 1.69 bits per heavy atom.